The number of benzene rings is 4. The first kappa shape index (κ1) is 24.1. The monoisotopic (exact) mass is 476 g/mol. The van der Waals surface area contributed by atoms with Crippen molar-refractivity contribution in [2.45, 2.75) is 6.42 Å². The minimum absolute atomic E-state index is 0.0813. The van der Waals surface area contributed by atoms with Crippen LogP contribution in [0.1, 0.15) is 43.0 Å². The van der Waals surface area contributed by atoms with Crippen LogP contribution in [0.15, 0.2) is 113 Å². The Bertz CT molecular complexity index is 1300. The molecule has 0 fully saturated rings. The van der Waals surface area contributed by atoms with Crippen molar-refractivity contribution in [3.8, 4) is 5.75 Å². The highest BCUT2D eigenvalue weighted by Crippen LogP contribution is 2.24. The molecular weight excluding hydrogens is 452 g/mol. The van der Waals surface area contributed by atoms with Crippen molar-refractivity contribution in [2.24, 2.45) is 10.2 Å². The molecule has 0 aromatic heterocycles. The number of amides is 2. The third-order valence-corrected chi connectivity index (χ3v) is 5.29. The van der Waals surface area contributed by atoms with Crippen molar-refractivity contribution < 1.29 is 14.7 Å². The molecular formula is C29H24N4O3. The molecule has 0 aliphatic rings. The number of rotatable bonds is 8. The van der Waals surface area contributed by atoms with Crippen LogP contribution in [-0.2, 0) is 6.42 Å². The lowest BCUT2D eigenvalue weighted by atomic mass is 9.99. The van der Waals surface area contributed by atoms with Gasteiger partial charge in [0.15, 0.2) is 0 Å². The van der Waals surface area contributed by atoms with E-state index in [1.54, 1.807) is 60.7 Å². The highest BCUT2D eigenvalue weighted by molar-refractivity contribution is 5.97. The van der Waals surface area contributed by atoms with Crippen molar-refractivity contribution in [3.63, 3.8) is 0 Å². The maximum Gasteiger partial charge on any atom is 0.271 e. The lowest BCUT2D eigenvalue weighted by Crippen LogP contribution is -2.17. The number of hydrazone groups is 2. The summed E-state index contributed by atoms with van der Waals surface area (Å²) >= 11 is 0. The molecule has 0 saturated carbocycles. The summed E-state index contributed by atoms with van der Waals surface area (Å²) < 4.78 is 0. The molecule has 0 bridgehead atoms. The number of hydrogen-bond donors (Lipinski definition) is 3. The van der Waals surface area contributed by atoms with E-state index in [2.05, 4.69) is 21.1 Å². The lowest BCUT2D eigenvalue weighted by Gasteiger charge is -2.09. The van der Waals surface area contributed by atoms with Crippen LogP contribution in [-0.4, -0.2) is 29.4 Å². The fourth-order valence-corrected chi connectivity index (χ4v) is 3.50. The fraction of sp³-hybridized carbons (Fsp3) is 0.0345. The van der Waals surface area contributed by atoms with Gasteiger partial charge in [0.05, 0.1) is 12.4 Å². The summed E-state index contributed by atoms with van der Waals surface area (Å²) in [6.07, 6.45) is 3.37. The fourth-order valence-electron chi connectivity index (χ4n) is 3.50. The molecule has 36 heavy (non-hydrogen) atoms. The Kier molecular flexibility index (Phi) is 7.96. The van der Waals surface area contributed by atoms with E-state index in [0.29, 0.717) is 28.7 Å². The molecule has 0 heterocycles. The molecule has 178 valence electrons. The second-order valence-electron chi connectivity index (χ2n) is 7.92. The van der Waals surface area contributed by atoms with E-state index < -0.39 is 0 Å². The summed E-state index contributed by atoms with van der Waals surface area (Å²) in [5.41, 5.74) is 8.65. The van der Waals surface area contributed by atoms with E-state index in [0.717, 1.165) is 11.1 Å². The number of carbonyl (C=O) groups excluding carboxylic acids is 2. The molecule has 0 spiro atoms. The standard InChI is InChI=1S/C29H24N4O3/c34-27-25(19-30-32-28(35)23-12-6-2-7-13-23)17-22(16-21-10-4-1-5-11-21)18-26(27)20-31-33-29(36)24-14-8-3-9-15-24/h1-15,17-20,34H,16H2,(H,32,35)(H,33,36)/b30-19-,31-20+. The van der Waals surface area contributed by atoms with E-state index in [1.165, 1.54) is 12.4 Å². The Labute approximate surface area is 208 Å². The van der Waals surface area contributed by atoms with Crippen LogP contribution >= 0.6 is 0 Å². The molecule has 7 heteroatoms. The molecule has 0 atom stereocenters. The first-order valence-corrected chi connectivity index (χ1v) is 11.3. The number of nitrogens with one attached hydrogen (secondary N) is 2. The summed E-state index contributed by atoms with van der Waals surface area (Å²) in [5, 5.41) is 18.9. The summed E-state index contributed by atoms with van der Waals surface area (Å²) in [5.74, 6) is -0.809. The average Bonchev–Trinajstić information content (AvgIpc) is 2.92. The lowest BCUT2D eigenvalue weighted by molar-refractivity contribution is 0.0947. The number of phenolic OH excluding ortho intramolecular Hbond substituents is 1. The van der Waals surface area contributed by atoms with E-state index in [9.17, 15) is 14.7 Å². The van der Waals surface area contributed by atoms with Gasteiger partial charge in [0, 0.05) is 22.3 Å². The minimum Gasteiger partial charge on any atom is -0.507 e. The highest BCUT2D eigenvalue weighted by atomic mass is 16.3. The molecule has 0 aliphatic carbocycles. The largest absolute Gasteiger partial charge is 0.507 e. The van der Waals surface area contributed by atoms with E-state index in [4.69, 9.17) is 0 Å². The van der Waals surface area contributed by atoms with Crippen LogP contribution in [0.25, 0.3) is 0 Å². The second-order valence-corrected chi connectivity index (χ2v) is 7.92. The van der Waals surface area contributed by atoms with Gasteiger partial charge in [0.25, 0.3) is 11.8 Å². The molecule has 0 aliphatic heterocycles. The number of nitrogens with zero attached hydrogens (tertiary/aromatic N) is 2. The van der Waals surface area contributed by atoms with Crippen molar-refractivity contribution >= 4 is 24.2 Å². The third-order valence-electron chi connectivity index (χ3n) is 5.29. The molecule has 4 aromatic carbocycles. The number of phenols is 1. The van der Waals surface area contributed by atoms with Gasteiger partial charge in [-0.1, -0.05) is 66.7 Å². The van der Waals surface area contributed by atoms with Crippen LogP contribution < -0.4 is 10.9 Å². The van der Waals surface area contributed by atoms with Crippen molar-refractivity contribution in [1.82, 2.24) is 10.9 Å². The van der Waals surface area contributed by atoms with Gasteiger partial charge in [-0.05, 0) is 53.9 Å². The van der Waals surface area contributed by atoms with Crippen molar-refractivity contribution in [3.05, 3.63) is 137 Å². The Morgan fingerprint density at radius 2 is 1.06 bits per heavy atom. The van der Waals surface area contributed by atoms with E-state index in [1.807, 2.05) is 42.5 Å². The number of carbonyl (C=O) groups is 2. The average molecular weight is 477 g/mol. The minimum atomic E-state index is -0.364. The smallest absolute Gasteiger partial charge is 0.271 e. The summed E-state index contributed by atoms with van der Waals surface area (Å²) in [6, 6.07) is 30.9. The normalized spacial score (nSPS) is 11.0. The number of aromatic hydroxyl groups is 1. The predicted molar refractivity (Wildman–Crippen MR) is 140 cm³/mol. The van der Waals surface area contributed by atoms with Crippen molar-refractivity contribution in [1.29, 1.82) is 0 Å². The third kappa shape index (κ3) is 6.51. The molecule has 0 saturated heterocycles. The van der Waals surface area contributed by atoms with E-state index >= 15 is 0 Å². The van der Waals surface area contributed by atoms with Crippen LogP contribution in [0.4, 0.5) is 0 Å². The number of hydrogen-bond acceptors (Lipinski definition) is 5. The quantitative estimate of drug-likeness (QED) is 0.257. The van der Waals surface area contributed by atoms with Crippen LogP contribution in [0.3, 0.4) is 0 Å². The van der Waals surface area contributed by atoms with Gasteiger partial charge in [-0.2, -0.15) is 10.2 Å². The maximum atomic E-state index is 12.3. The molecule has 2 amide bonds. The SMILES string of the molecule is O=C(N/N=C\c1cc(Cc2ccccc2)cc(/C=N/NC(=O)c2ccccc2)c1O)c1ccccc1. The summed E-state index contributed by atoms with van der Waals surface area (Å²) in [4.78, 5) is 24.5. The zero-order chi connectivity index (χ0) is 25.2. The van der Waals surface area contributed by atoms with Gasteiger partial charge in [-0.3, -0.25) is 9.59 Å². The van der Waals surface area contributed by atoms with Crippen LogP contribution in [0, 0.1) is 0 Å². The highest BCUT2D eigenvalue weighted by Gasteiger charge is 2.10. The molecule has 4 rings (SSSR count). The van der Waals surface area contributed by atoms with Crippen LogP contribution in [0.2, 0.25) is 0 Å². The predicted octanol–water partition coefficient (Wildman–Crippen LogP) is 4.51. The zero-order valence-corrected chi connectivity index (χ0v) is 19.3. The van der Waals surface area contributed by atoms with Gasteiger partial charge in [0.2, 0.25) is 0 Å². The summed E-state index contributed by atoms with van der Waals surface area (Å²) in [7, 11) is 0. The summed E-state index contributed by atoms with van der Waals surface area (Å²) in [6.45, 7) is 0. The molecule has 7 nitrogen and oxygen atoms in total. The van der Waals surface area contributed by atoms with Gasteiger partial charge >= 0.3 is 0 Å². The molecule has 0 radical (unpaired) electrons. The topological polar surface area (TPSA) is 103 Å². The molecule has 0 unspecified atom stereocenters. The van der Waals surface area contributed by atoms with Gasteiger partial charge in [0.1, 0.15) is 5.75 Å². The zero-order valence-electron chi connectivity index (χ0n) is 19.3. The Balaban J connectivity index is 1.56. The Morgan fingerprint density at radius 3 is 1.50 bits per heavy atom. The molecule has 4 aromatic rings. The first-order valence-electron chi connectivity index (χ1n) is 11.3. The van der Waals surface area contributed by atoms with E-state index in [-0.39, 0.29) is 17.6 Å². The second kappa shape index (κ2) is 11.9. The van der Waals surface area contributed by atoms with Crippen molar-refractivity contribution in [2.75, 3.05) is 0 Å². The maximum absolute atomic E-state index is 12.3. The first-order chi connectivity index (χ1) is 17.6. The van der Waals surface area contributed by atoms with Crippen LogP contribution in [0.5, 0.6) is 5.75 Å². The Hall–Kier alpha value is -5.04. The van der Waals surface area contributed by atoms with Gasteiger partial charge in [-0.15, -0.1) is 0 Å². The van der Waals surface area contributed by atoms with Gasteiger partial charge < -0.3 is 5.11 Å². The Morgan fingerprint density at radius 1 is 0.639 bits per heavy atom. The molecule has 3 N–H and O–H groups in total. The van der Waals surface area contributed by atoms with Gasteiger partial charge in [-0.25, -0.2) is 10.9 Å².